The Bertz CT molecular complexity index is 1130. The second-order valence-electron chi connectivity index (χ2n) is 7.23. The van der Waals surface area contributed by atoms with Crippen LogP contribution in [0.4, 0.5) is 10.1 Å². The number of carbonyl (C=O) groups excluding carboxylic acids is 2. The van der Waals surface area contributed by atoms with E-state index in [-0.39, 0.29) is 12.3 Å². The van der Waals surface area contributed by atoms with E-state index in [1.165, 1.54) is 24.1 Å². The lowest BCUT2D eigenvalue weighted by atomic mass is 9.88. The van der Waals surface area contributed by atoms with Crippen molar-refractivity contribution >= 4 is 17.4 Å². The maximum absolute atomic E-state index is 13.6. The molecule has 1 heterocycles. The van der Waals surface area contributed by atoms with Crippen LogP contribution in [0.25, 0.3) is 0 Å². The number of Topliss-reactive ketones (excluding diaryl/α,β-unsaturated/α-hetero) is 1. The van der Waals surface area contributed by atoms with Gasteiger partial charge in [-0.2, -0.15) is 0 Å². The van der Waals surface area contributed by atoms with Crippen molar-refractivity contribution in [1.82, 2.24) is 0 Å². The van der Waals surface area contributed by atoms with Gasteiger partial charge in [0.1, 0.15) is 11.6 Å². The Morgan fingerprint density at radius 3 is 2.60 bits per heavy atom. The molecule has 3 aromatic carbocycles. The van der Waals surface area contributed by atoms with Crippen molar-refractivity contribution in [2.75, 3.05) is 12.0 Å². The van der Waals surface area contributed by atoms with Crippen molar-refractivity contribution in [1.29, 1.82) is 0 Å². The summed E-state index contributed by atoms with van der Waals surface area (Å²) >= 11 is 0. The number of carbonyl (C=O) groups is 2. The number of aliphatic hydroxyl groups is 1. The number of amides is 1. The quantitative estimate of drug-likeness (QED) is 0.633. The first kappa shape index (κ1) is 19.8. The Balaban J connectivity index is 1.67. The Labute approximate surface area is 173 Å². The third-order valence-electron chi connectivity index (χ3n) is 5.28. The summed E-state index contributed by atoms with van der Waals surface area (Å²) in [4.78, 5) is 27.6. The van der Waals surface area contributed by atoms with E-state index >= 15 is 0 Å². The van der Waals surface area contributed by atoms with Crippen LogP contribution in [0, 0.1) is 5.82 Å². The highest BCUT2D eigenvalue weighted by molar-refractivity contribution is 6.10. The molecule has 30 heavy (non-hydrogen) atoms. The normalized spacial score (nSPS) is 17.7. The lowest BCUT2D eigenvalue weighted by Gasteiger charge is -2.23. The van der Waals surface area contributed by atoms with E-state index in [4.69, 9.17) is 4.74 Å². The summed E-state index contributed by atoms with van der Waals surface area (Å²) < 4.78 is 18.8. The molecule has 3 aromatic rings. The largest absolute Gasteiger partial charge is 0.497 e. The molecule has 6 heteroatoms. The number of para-hydroxylation sites is 1. The first-order valence-electron chi connectivity index (χ1n) is 9.48. The molecule has 0 aromatic heterocycles. The van der Waals surface area contributed by atoms with E-state index in [1.807, 2.05) is 0 Å². The van der Waals surface area contributed by atoms with Gasteiger partial charge in [0.05, 0.1) is 25.8 Å². The van der Waals surface area contributed by atoms with E-state index in [0.717, 1.165) is 0 Å². The molecule has 1 aliphatic rings. The average molecular weight is 405 g/mol. The molecule has 0 spiro atoms. The minimum absolute atomic E-state index is 0.0866. The molecule has 0 radical (unpaired) electrons. The zero-order valence-corrected chi connectivity index (χ0v) is 16.3. The molecule has 1 atom stereocenters. The molecule has 0 fully saturated rings. The molecule has 1 amide bonds. The first-order chi connectivity index (χ1) is 14.4. The number of ether oxygens (including phenoxy) is 1. The van der Waals surface area contributed by atoms with E-state index in [0.29, 0.717) is 28.1 Å². The van der Waals surface area contributed by atoms with Gasteiger partial charge in [-0.3, -0.25) is 9.59 Å². The van der Waals surface area contributed by atoms with Crippen molar-refractivity contribution in [3.05, 3.63) is 95.3 Å². The van der Waals surface area contributed by atoms with Gasteiger partial charge in [0.2, 0.25) is 0 Å². The fourth-order valence-electron chi connectivity index (χ4n) is 3.78. The fourth-order valence-corrected chi connectivity index (χ4v) is 3.78. The molecule has 1 aliphatic heterocycles. The number of hydrogen-bond acceptors (Lipinski definition) is 4. The molecular formula is C24H20FNO4. The number of anilines is 1. The number of methoxy groups -OCH3 is 1. The van der Waals surface area contributed by atoms with Crippen molar-refractivity contribution in [2.24, 2.45) is 0 Å². The van der Waals surface area contributed by atoms with E-state index in [1.54, 1.807) is 60.7 Å². The average Bonchev–Trinajstić information content (AvgIpc) is 2.96. The predicted octanol–water partition coefficient (Wildman–Crippen LogP) is 3.84. The lowest BCUT2D eigenvalue weighted by Crippen LogP contribution is -2.41. The summed E-state index contributed by atoms with van der Waals surface area (Å²) in [5.74, 6) is -0.883. The molecule has 0 unspecified atom stereocenters. The SMILES string of the molecule is COc1cccc(C(=O)C[C@@]2(O)C(=O)N(Cc3cccc(F)c3)c3ccccc32)c1. The number of ketones is 1. The summed E-state index contributed by atoms with van der Waals surface area (Å²) in [6.45, 7) is 0.0866. The minimum atomic E-state index is -2.00. The van der Waals surface area contributed by atoms with Crippen molar-refractivity contribution in [3.63, 3.8) is 0 Å². The molecule has 0 saturated heterocycles. The number of rotatable bonds is 6. The van der Waals surface area contributed by atoms with Gasteiger partial charge in [0.25, 0.3) is 5.91 Å². The molecular weight excluding hydrogens is 385 g/mol. The van der Waals surface area contributed by atoms with Crippen molar-refractivity contribution in [2.45, 2.75) is 18.6 Å². The summed E-state index contributed by atoms with van der Waals surface area (Å²) in [5.41, 5.74) is -0.196. The van der Waals surface area contributed by atoms with Gasteiger partial charge in [-0.05, 0) is 35.9 Å². The summed E-state index contributed by atoms with van der Waals surface area (Å²) in [6, 6.07) is 19.3. The molecule has 0 aliphatic carbocycles. The van der Waals surface area contributed by atoms with Gasteiger partial charge < -0.3 is 14.7 Å². The Morgan fingerprint density at radius 2 is 1.83 bits per heavy atom. The number of nitrogens with zero attached hydrogens (tertiary/aromatic N) is 1. The standard InChI is InChI=1S/C24H20FNO4/c1-30-19-9-5-7-17(13-19)22(27)14-24(29)20-10-2-3-11-21(20)26(23(24)28)15-16-6-4-8-18(25)12-16/h2-13,29H,14-15H2,1H3/t24-/m0/s1. The molecule has 1 N–H and O–H groups in total. The molecule has 4 rings (SSSR count). The monoisotopic (exact) mass is 405 g/mol. The topological polar surface area (TPSA) is 66.8 Å². The highest BCUT2D eigenvalue weighted by Gasteiger charge is 2.50. The third-order valence-corrected chi connectivity index (χ3v) is 5.28. The molecule has 0 bridgehead atoms. The van der Waals surface area contributed by atoms with Crippen LogP contribution in [0.1, 0.15) is 27.9 Å². The van der Waals surface area contributed by atoms with E-state index < -0.39 is 23.7 Å². The Hall–Kier alpha value is -3.51. The van der Waals surface area contributed by atoms with Crippen LogP contribution in [0.2, 0.25) is 0 Å². The highest BCUT2D eigenvalue weighted by atomic mass is 19.1. The molecule has 0 saturated carbocycles. The van der Waals surface area contributed by atoms with Crippen molar-refractivity contribution in [3.8, 4) is 5.75 Å². The van der Waals surface area contributed by atoms with E-state index in [2.05, 4.69) is 0 Å². The second kappa shape index (κ2) is 7.72. The molecule has 5 nitrogen and oxygen atoms in total. The van der Waals surface area contributed by atoms with Gasteiger partial charge in [-0.25, -0.2) is 4.39 Å². The number of halogens is 1. The Kier molecular flexibility index (Phi) is 5.10. The van der Waals surface area contributed by atoms with Gasteiger partial charge in [0, 0.05) is 11.1 Å². The van der Waals surface area contributed by atoms with E-state index in [9.17, 15) is 19.1 Å². The van der Waals surface area contributed by atoms with Crippen LogP contribution in [-0.4, -0.2) is 23.9 Å². The summed E-state index contributed by atoms with van der Waals surface area (Å²) in [6.07, 6.45) is -0.407. The number of benzene rings is 3. The first-order valence-corrected chi connectivity index (χ1v) is 9.48. The van der Waals surface area contributed by atoms with Gasteiger partial charge in [-0.1, -0.05) is 42.5 Å². The predicted molar refractivity (Wildman–Crippen MR) is 110 cm³/mol. The third kappa shape index (κ3) is 3.46. The fraction of sp³-hybridized carbons (Fsp3) is 0.167. The van der Waals surface area contributed by atoms with Gasteiger partial charge in [-0.15, -0.1) is 0 Å². The van der Waals surface area contributed by atoms with Crippen LogP contribution >= 0.6 is 0 Å². The lowest BCUT2D eigenvalue weighted by molar-refractivity contribution is -0.136. The smallest absolute Gasteiger partial charge is 0.264 e. The number of fused-ring (bicyclic) bond motifs is 1. The zero-order valence-electron chi connectivity index (χ0n) is 16.3. The second-order valence-corrected chi connectivity index (χ2v) is 7.23. The Morgan fingerprint density at radius 1 is 1.07 bits per heavy atom. The minimum Gasteiger partial charge on any atom is -0.497 e. The summed E-state index contributed by atoms with van der Waals surface area (Å²) in [5, 5.41) is 11.4. The summed E-state index contributed by atoms with van der Waals surface area (Å²) in [7, 11) is 1.50. The zero-order chi connectivity index (χ0) is 21.3. The maximum Gasteiger partial charge on any atom is 0.264 e. The van der Waals surface area contributed by atoms with Crippen LogP contribution in [-0.2, 0) is 16.9 Å². The van der Waals surface area contributed by atoms with Gasteiger partial charge >= 0.3 is 0 Å². The van der Waals surface area contributed by atoms with Crippen LogP contribution in [0.15, 0.2) is 72.8 Å². The van der Waals surface area contributed by atoms with Gasteiger partial charge in [0.15, 0.2) is 11.4 Å². The van der Waals surface area contributed by atoms with Crippen LogP contribution < -0.4 is 9.64 Å². The maximum atomic E-state index is 13.6. The van der Waals surface area contributed by atoms with Crippen LogP contribution in [0.5, 0.6) is 5.75 Å². The number of hydrogen-bond donors (Lipinski definition) is 1. The highest BCUT2D eigenvalue weighted by Crippen LogP contribution is 2.43. The molecule has 152 valence electrons. The van der Waals surface area contributed by atoms with Crippen molar-refractivity contribution < 1.29 is 23.8 Å². The van der Waals surface area contributed by atoms with Crippen LogP contribution in [0.3, 0.4) is 0 Å².